The molecule has 0 bridgehead atoms. The van der Waals surface area contributed by atoms with E-state index in [0.29, 0.717) is 6.54 Å². The molecule has 0 aliphatic rings. The third kappa shape index (κ3) is 5.27. The lowest BCUT2D eigenvalue weighted by molar-refractivity contribution is 0.248. The van der Waals surface area contributed by atoms with Crippen LogP contribution in [0.3, 0.4) is 0 Å². The molecule has 0 fully saturated rings. The molecule has 0 aliphatic carbocycles. The molecule has 0 heterocycles. The van der Waals surface area contributed by atoms with E-state index in [1.165, 1.54) is 0 Å². The Morgan fingerprint density at radius 1 is 1.75 bits per heavy atom. The molecule has 0 aromatic heterocycles. The molecule has 0 unspecified atom stereocenters. The van der Waals surface area contributed by atoms with Gasteiger partial charge in [-0.05, 0) is 6.42 Å². The summed E-state index contributed by atoms with van der Waals surface area (Å²) in [5.41, 5.74) is 4.73. The molecule has 3 nitrogen and oxygen atoms in total. The molecule has 0 aromatic rings. The molecule has 0 saturated carbocycles. The van der Waals surface area contributed by atoms with Gasteiger partial charge in [-0.15, -0.1) is 0 Å². The zero-order valence-electron chi connectivity index (χ0n) is 5.05. The molecule has 8 heavy (non-hydrogen) atoms. The first kappa shape index (κ1) is 7.27. The molecule has 47 valence electrons. The normalized spacial score (nSPS) is 8.62. The van der Waals surface area contributed by atoms with Crippen LogP contribution in [0, 0.1) is 0 Å². The third-order valence-electron chi connectivity index (χ3n) is 0.779. The standard InChI is InChI=1S/C5H11N2O/c1-2-3-4-7-5(6)8/h2-4H2,1H3,(H2,6,8). The zero-order valence-corrected chi connectivity index (χ0v) is 5.05. The Kier molecular flexibility index (Phi) is 4.03. The Bertz CT molecular complexity index is 72.8. The van der Waals surface area contributed by atoms with Gasteiger partial charge in [0.25, 0.3) is 0 Å². The quantitative estimate of drug-likeness (QED) is 0.534. The maximum atomic E-state index is 9.93. The maximum Gasteiger partial charge on any atom is 0.333 e. The number of urea groups is 1. The molecule has 0 saturated heterocycles. The van der Waals surface area contributed by atoms with Crippen molar-refractivity contribution in [1.29, 1.82) is 0 Å². The highest BCUT2D eigenvalue weighted by atomic mass is 16.2. The Hall–Kier alpha value is -0.730. The molecule has 2 N–H and O–H groups in total. The predicted octanol–water partition coefficient (Wildman–Crippen LogP) is 0.470. The van der Waals surface area contributed by atoms with Gasteiger partial charge < -0.3 is 5.73 Å². The lowest BCUT2D eigenvalue weighted by Crippen LogP contribution is -2.22. The van der Waals surface area contributed by atoms with E-state index >= 15 is 0 Å². The maximum absolute atomic E-state index is 9.93. The SMILES string of the molecule is CCCC[N]C(N)=O. The molecule has 3 heteroatoms. The van der Waals surface area contributed by atoms with Crippen molar-refractivity contribution in [3.05, 3.63) is 0 Å². The van der Waals surface area contributed by atoms with Crippen molar-refractivity contribution in [1.82, 2.24) is 5.32 Å². The molecular weight excluding hydrogens is 104 g/mol. The molecule has 2 amide bonds. The summed E-state index contributed by atoms with van der Waals surface area (Å²) in [5, 5.41) is 3.45. The molecule has 0 aromatic carbocycles. The van der Waals surface area contributed by atoms with Crippen molar-refractivity contribution < 1.29 is 4.79 Å². The first-order valence-electron chi connectivity index (χ1n) is 2.74. The van der Waals surface area contributed by atoms with E-state index in [4.69, 9.17) is 5.73 Å². The minimum absolute atomic E-state index is 0.557. The molecule has 0 spiro atoms. The number of carbonyl (C=O) groups is 1. The summed E-state index contributed by atoms with van der Waals surface area (Å²) in [4.78, 5) is 9.93. The summed E-state index contributed by atoms with van der Waals surface area (Å²) in [7, 11) is 0. The van der Waals surface area contributed by atoms with Crippen molar-refractivity contribution in [3.8, 4) is 0 Å². The van der Waals surface area contributed by atoms with Crippen LogP contribution in [0.5, 0.6) is 0 Å². The van der Waals surface area contributed by atoms with Gasteiger partial charge in [0.05, 0.1) is 0 Å². The smallest absolute Gasteiger partial charge is 0.333 e. The minimum atomic E-state index is -0.557. The van der Waals surface area contributed by atoms with Crippen LogP contribution >= 0.6 is 0 Å². The number of hydrogen-bond acceptors (Lipinski definition) is 1. The Morgan fingerprint density at radius 3 is 2.75 bits per heavy atom. The van der Waals surface area contributed by atoms with Gasteiger partial charge in [0.2, 0.25) is 0 Å². The summed E-state index contributed by atoms with van der Waals surface area (Å²) in [5.74, 6) is 0. The first-order chi connectivity index (χ1) is 3.77. The van der Waals surface area contributed by atoms with Gasteiger partial charge in [-0.1, -0.05) is 13.3 Å². The summed E-state index contributed by atoms with van der Waals surface area (Å²) in [6, 6.07) is -0.557. The Balaban J connectivity index is 2.82. The van der Waals surface area contributed by atoms with Gasteiger partial charge in [-0.2, -0.15) is 0 Å². The second kappa shape index (κ2) is 4.43. The number of unbranched alkanes of at least 4 members (excludes halogenated alkanes) is 1. The molecule has 0 rings (SSSR count). The summed E-state index contributed by atoms with van der Waals surface area (Å²) in [6.07, 6.45) is 2.00. The van der Waals surface area contributed by atoms with Gasteiger partial charge >= 0.3 is 6.03 Å². The number of rotatable bonds is 3. The second-order valence-corrected chi connectivity index (χ2v) is 1.57. The number of nitrogens with two attached hydrogens (primary N) is 1. The predicted molar refractivity (Wildman–Crippen MR) is 31.5 cm³/mol. The van der Waals surface area contributed by atoms with Gasteiger partial charge in [-0.3, -0.25) is 0 Å². The van der Waals surface area contributed by atoms with Crippen molar-refractivity contribution in [2.45, 2.75) is 19.8 Å². The van der Waals surface area contributed by atoms with Crippen molar-refractivity contribution in [2.24, 2.45) is 5.73 Å². The lowest BCUT2D eigenvalue weighted by Gasteiger charge is -1.92. The largest absolute Gasteiger partial charge is 0.350 e. The molecule has 0 atom stereocenters. The van der Waals surface area contributed by atoms with E-state index in [1.807, 2.05) is 6.92 Å². The van der Waals surface area contributed by atoms with Crippen LogP contribution in [0.15, 0.2) is 0 Å². The molecule has 1 radical (unpaired) electrons. The lowest BCUT2D eigenvalue weighted by atomic mass is 10.3. The summed E-state index contributed by atoms with van der Waals surface area (Å²) in [6.45, 7) is 2.61. The van der Waals surface area contributed by atoms with Gasteiger partial charge in [0.1, 0.15) is 0 Å². The van der Waals surface area contributed by atoms with Crippen molar-refractivity contribution in [2.75, 3.05) is 6.54 Å². The highest BCUT2D eigenvalue weighted by molar-refractivity contribution is 5.71. The molecule has 0 aliphatic heterocycles. The van der Waals surface area contributed by atoms with Crippen LogP contribution in [-0.2, 0) is 0 Å². The van der Waals surface area contributed by atoms with Crippen LogP contribution in [-0.4, -0.2) is 12.6 Å². The minimum Gasteiger partial charge on any atom is -0.350 e. The fourth-order valence-corrected chi connectivity index (χ4v) is 0.347. The highest BCUT2D eigenvalue weighted by Crippen LogP contribution is 1.81. The van der Waals surface area contributed by atoms with E-state index in [0.717, 1.165) is 12.8 Å². The van der Waals surface area contributed by atoms with Crippen LogP contribution in [0.2, 0.25) is 0 Å². The van der Waals surface area contributed by atoms with Gasteiger partial charge in [0, 0.05) is 6.54 Å². The van der Waals surface area contributed by atoms with Crippen molar-refractivity contribution >= 4 is 6.03 Å². The van der Waals surface area contributed by atoms with Crippen LogP contribution in [0.25, 0.3) is 0 Å². The Labute approximate surface area is 49.3 Å². The number of carbonyl (C=O) groups excluding carboxylic acids is 1. The van der Waals surface area contributed by atoms with Gasteiger partial charge in [0.15, 0.2) is 0 Å². The van der Waals surface area contributed by atoms with Crippen LogP contribution in [0.1, 0.15) is 19.8 Å². The summed E-state index contributed by atoms with van der Waals surface area (Å²) < 4.78 is 0. The first-order valence-corrected chi connectivity index (χ1v) is 2.74. The fourth-order valence-electron chi connectivity index (χ4n) is 0.347. The van der Waals surface area contributed by atoms with E-state index in [1.54, 1.807) is 0 Å². The third-order valence-corrected chi connectivity index (χ3v) is 0.779. The number of nitrogens with zero attached hydrogens (tertiary/aromatic N) is 1. The summed E-state index contributed by atoms with van der Waals surface area (Å²) >= 11 is 0. The number of hydrogen-bond donors (Lipinski definition) is 1. The average Bonchev–Trinajstić information content (AvgIpc) is 1.66. The monoisotopic (exact) mass is 115 g/mol. The van der Waals surface area contributed by atoms with E-state index < -0.39 is 6.03 Å². The molecular formula is C5H11N2O. The topological polar surface area (TPSA) is 57.2 Å². The zero-order chi connectivity index (χ0) is 6.41. The van der Waals surface area contributed by atoms with E-state index in [-0.39, 0.29) is 0 Å². The van der Waals surface area contributed by atoms with E-state index in [2.05, 4.69) is 5.32 Å². The highest BCUT2D eigenvalue weighted by Gasteiger charge is 1.89. The van der Waals surface area contributed by atoms with Gasteiger partial charge in [-0.25, -0.2) is 10.1 Å². The number of amides is 2. The fraction of sp³-hybridized carbons (Fsp3) is 0.800. The Morgan fingerprint density at radius 2 is 2.38 bits per heavy atom. The van der Waals surface area contributed by atoms with Crippen LogP contribution in [0.4, 0.5) is 4.79 Å². The van der Waals surface area contributed by atoms with E-state index in [9.17, 15) is 4.79 Å². The number of primary amides is 1. The average molecular weight is 115 g/mol. The van der Waals surface area contributed by atoms with Crippen molar-refractivity contribution in [3.63, 3.8) is 0 Å². The second-order valence-electron chi connectivity index (χ2n) is 1.57. The van der Waals surface area contributed by atoms with Crippen LogP contribution < -0.4 is 11.1 Å².